The normalized spacial score (nSPS) is 14.3. The van der Waals surface area contributed by atoms with E-state index in [-0.39, 0.29) is 0 Å². The molecule has 0 atom stereocenters. The van der Waals surface area contributed by atoms with Crippen LogP contribution in [0.4, 0.5) is 23.1 Å². The van der Waals surface area contributed by atoms with Gasteiger partial charge in [0.25, 0.3) is 0 Å². The third-order valence-corrected chi connectivity index (χ3v) is 5.41. The van der Waals surface area contributed by atoms with E-state index in [9.17, 15) is 0 Å². The molecule has 1 aliphatic heterocycles. The van der Waals surface area contributed by atoms with Crippen molar-refractivity contribution in [2.45, 2.75) is 20.3 Å². The van der Waals surface area contributed by atoms with Crippen molar-refractivity contribution in [1.82, 2.24) is 14.9 Å². The molecule has 174 valence electrons. The molecule has 0 spiro atoms. The Hall–Kier alpha value is -2.91. The first-order valence-corrected chi connectivity index (χ1v) is 11.2. The molecule has 1 fully saturated rings. The summed E-state index contributed by atoms with van der Waals surface area (Å²) in [6.07, 6.45) is 0.581. The molecule has 1 aliphatic rings. The van der Waals surface area contributed by atoms with E-state index in [0.717, 1.165) is 43.3 Å². The molecule has 0 bridgehead atoms. The van der Waals surface area contributed by atoms with Crippen molar-refractivity contribution in [3.63, 3.8) is 0 Å². The lowest BCUT2D eigenvalue weighted by molar-refractivity contribution is 0.158. The molecule has 0 radical (unpaired) electrons. The molecule has 3 rings (SSSR count). The summed E-state index contributed by atoms with van der Waals surface area (Å²) in [6.45, 7) is 9.38. The van der Waals surface area contributed by atoms with Gasteiger partial charge in [0, 0.05) is 51.1 Å². The second-order valence-corrected chi connectivity index (χ2v) is 7.70. The Balaban J connectivity index is 2.01. The fourth-order valence-electron chi connectivity index (χ4n) is 3.47. The molecule has 0 unspecified atom stereocenters. The van der Waals surface area contributed by atoms with Gasteiger partial charge < -0.3 is 35.3 Å². The molecule has 0 amide bonds. The van der Waals surface area contributed by atoms with E-state index < -0.39 is 0 Å². The average molecular weight is 442 g/mol. The molecule has 0 aliphatic carbocycles. The minimum atomic E-state index is 0.468. The van der Waals surface area contributed by atoms with Crippen molar-refractivity contribution in [2.75, 3.05) is 75.6 Å². The number of nitrogens with one attached hydrogen (secondary N) is 3. The molecule has 9 heteroatoms. The largest absolute Gasteiger partial charge is 0.497 e. The molecule has 2 heterocycles. The Morgan fingerprint density at radius 3 is 2.62 bits per heavy atom. The second-order valence-electron chi connectivity index (χ2n) is 7.70. The zero-order valence-corrected chi connectivity index (χ0v) is 19.6. The quantitative estimate of drug-likeness (QED) is 0.361. The Morgan fingerprint density at radius 1 is 1.16 bits per heavy atom. The van der Waals surface area contributed by atoms with Gasteiger partial charge in [-0.3, -0.25) is 0 Å². The summed E-state index contributed by atoms with van der Waals surface area (Å²) < 4.78 is 10.9. The van der Waals surface area contributed by atoms with Gasteiger partial charge in [-0.15, -0.1) is 0 Å². The molecular weight excluding hydrogens is 406 g/mol. The lowest BCUT2D eigenvalue weighted by Crippen LogP contribution is -2.45. The first-order valence-electron chi connectivity index (χ1n) is 11.2. The summed E-state index contributed by atoms with van der Waals surface area (Å²) in [5.74, 6) is 2.05. The maximum atomic E-state index is 8.58. The topological polar surface area (TPSA) is 98.6 Å². The summed E-state index contributed by atoms with van der Waals surface area (Å²) in [4.78, 5) is 14.2. The van der Waals surface area contributed by atoms with Crippen molar-refractivity contribution in [3.8, 4) is 5.75 Å². The number of hydrogen-bond acceptors (Lipinski definition) is 9. The van der Waals surface area contributed by atoms with Crippen LogP contribution in [0.2, 0.25) is 0 Å². The van der Waals surface area contributed by atoms with Crippen molar-refractivity contribution >= 4 is 28.9 Å². The Bertz CT molecular complexity index is 898. The smallest absolute Gasteiger partial charge is 0.228 e. The standard InChI is InChI=1S/C23H35N7O2/c1-5-19(24)20-21(25-10-15-32-6-2)22(26-17-8-7-9-18(16-17)31-4)28-23(27-20)30-13-11-29(3)12-14-30/h7-9,16,24-25H,5-6,10-15H2,1-4H3,(H,26,27,28). The number of piperazine rings is 1. The first kappa shape index (κ1) is 23.7. The van der Waals surface area contributed by atoms with Gasteiger partial charge >= 0.3 is 0 Å². The summed E-state index contributed by atoms with van der Waals surface area (Å²) in [6, 6.07) is 7.72. The van der Waals surface area contributed by atoms with Crippen LogP contribution < -0.4 is 20.3 Å². The monoisotopic (exact) mass is 441 g/mol. The van der Waals surface area contributed by atoms with E-state index in [1.807, 2.05) is 38.1 Å². The minimum absolute atomic E-state index is 0.468. The van der Waals surface area contributed by atoms with Gasteiger partial charge in [-0.25, -0.2) is 4.98 Å². The highest BCUT2D eigenvalue weighted by atomic mass is 16.5. The van der Waals surface area contributed by atoms with E-state index in [1.54, 1.807) is 7.11 Å². The third-order valence-electron chi connectivity index (χ3n) is 5.41. The lowest BCUT2D eigenvalue weighted by Gasteiger charge is -2.33. The third kappa shape index (κ3) is 6.08. The van der Waals surface area contributed by atoms with Crippen LogP contribution >= 0.6 is 0 Å². The number of hydrogen-bond donors (Lipinski definition) is 3. The highest BCUT2D eigenvalue weighted by Crippen LogP contribution is 2.31. The van der Waals surface area contributed by atoms with Crippen molar-refractivity contribution in [1.29, 1.82) is 5.41 Å². The second kappa shape index (κ2) is 11.6. The van der Waals surface area contributed by atoms with Gasteiger partial charge in [0.15, 0.2) is 5.82 Å². The minimum Gasteiger partial charge on any atom is -0.497 e. The summed E-state index contributed by atoms with van der Waals surface area (Å²) in [5.41, 5.74) is 2.67. The predicted molar refractivity (Wildman–Crippen MR) is 130 cm³/mol. The zero-order chi connectivity index (χ0) is 22.9. The van der Waals surface area contributed by atoms with E-state index in [0.29, 0.717) is 49.4 Å². The Labute approximate surface area is 190 Å². The fourth-order valence-corrected chi connectivity index (χ4v) is 3.47. The van der Waals surface area contributed by atoms with Gasteiger partial charge in [0.1, 0.15) is 17.1 Å². The molecule has 1 saturated heterocycles. The molecule has 2 aromatic rings. The van der Waals surface area contributed by atoms with Gasteiger partial charge in [-0.2, -0.15) is 4.98 Å². The molecule has 0 saturated carbocycles. The number of likely N-dealkylation sites (N-methyl/N-ethyl adjacent to an activating group) is 1. The maximum absolute atomic E-state index is 8.58. The Kier molecular flexibility index (Phi) is 8.64. The number of methoxy groups -OCH3 is 1. The Morgan fingerprint density at radius 2 is 1.94 bits per heavy atom. The highest BCUT2D eigenvalue weighted by molar-refractivity contribution is 6.03. The van der Waals surface area contributed by atoms with Gasteiger partial charge in [-0.1, -0.05) is 13.0 Å². The van der Waals surface area contributed by atoms with Gasteiger partial charge in [0.2, 0.25) is 5.95 Å². The lowest BCUT2D eigenvalue weighted by atomic mass is 10.1. The van der Waals surface area contributed by atoms with Crippen molar-refractivity contribution in [2.24, 2.45) is 0 Å². The number of rotatable bonds is 11. The zero-order valence-electron chi connectivity index (χ0n) is 19.6. The summed E-state index contributed by atoms with van der Waals surface area (Å²) in [7, 11) is 3.77. The van der Waals surface area contributed by atoms with Crippen LogP contribution in [0.5, 0.6) is 5.75 Å². The number of anilines is 4. The molecule has 1 aromatic carbocycles. The molecule has 3 N–H and O–H groups in total. The summed E-state index contributed by atoms with van der Waals surface area (Å²) >= 11 is 0. The highest BCUT2D eigenvalue weighted by Gasteiger charge is 2.22. The number of aromatic nitrogens is 2. The maximum Gasteiger partial charge on any atom is 0.228 e. The van der Waals surface area contributed by atoms with Crippen LogP contribution in [-0.4, -0.2) is 80.7 Å². The predicted octanol–water partition coefficient (Wildman–Crippen LogP) is 3.21. The number of benzene rings is 1. The molecule has 9 nitrogen and oxygen atoms in total. The van der Waals surface area contributed by atoms with Crippen LogP contribution in [0.25, 0.3) is 0 Å². The van der Waals surface area contributed by atoms with Crippen LogP contribution in [0.3, 0.4) is 0 Å². The van der Waals surface area contributed by atoms with Crippen LogP contribution in [-0.2, 0) is 4.74 Å². The van der Waals surface area contributed by atoms with Crippen molar-refractivity contribution < 1.29 is 9.47 Å². The number of nitrogens with zero attached hydrogens (tertiary/aromatic N) is 4. The van der Waals surface area contributed by atoms with E-state index in [1.165, 1.54) is 0 Å². The van der Waals surface area contributed by atoms with Crippen molar-refractivity contribution in [3.05, 3.63) is 30.0 Å². The summed E-state index contributed by atoms with van der Waals surface area (Å²) in [5, 5.41) is 15.4. The molecule has 32 heavy (non-hydrogen) atoms. The van der Waals surface area contributed by atoms with Crippen LogP contribution in [0.15, 0.2) is 24.3 Å². The first-order chi connectivity index (χ1) is 15.5. The average Bonchev–Trinajstić information content (AvgIpc) is 2.82. The molecular formula is C23H35N7O2. The van der Waals surface area contributed by atoms with Crippen LogP contribution in [0, 0.1) is 5.41 Å². The fraction of sp³-hybridized carbons (Fsp3) is 0.522. The van der Waals surface area contributed by atoms with Crippen LogP contribution in [0.1, 0.15) is 26.0 Å². The van der Waals surface area contributed by atoms with E-state index in [4.69, 9.17) is 24.9 Å². The van der Waals surface area contributed by atoms with Gasteiger partial charge in [-0.05, 0) is 32.5 Å². The molecule has 1 aromatic heterocycles. The van der Waals surface area contributed by atoms with E-state index in [2.05, 4.69) is 27.5 Å². The van der Waals surface area contributed by atoms with Gasteiger partial charge in [0.05, 0.1) is 19.4 Å². The van der Waals surface area contributed by atoms with E-state index >= 15 is 0 Å². The SMILES string of the molecule is CCOCCNc1c(Nc2cccc(OC)c2)nc(N2CCN(C)CC2)nc1C(=N)CC. The number of ether oxygens (including phenoxy) is 2.